The van der Waals surface area contributed by atoms with Gasteiger partial charge in [0, 0.05) is 12.0 Å². The van der Waals surface area contributed by atoms with Gasteiger partial charge < -0.3 is 20.6 Å². The van der Waals surface area contributed by atoms with Crippen molar-refractivity contribution in [2.24, 2.45) is 5.73 Å². The number of anilines is 1. The van der Waals surface area contributed by atoms with Crippen LogP contribution in [0.4, 0.5) is 10.4 Å². The molecule has 0 spiro atoms. The smallest absolute Gasteiger partial charge is 0.295 e. The van der Waals surface area contributed by atoms with Crippen molar-refractivity contribution in [2.75, 3.05) is 25.5 Å². The molecule has 0 saturated carbocycles. The molecule has 0 saturated heterocycles. The van der Waals surface area contributed by atoms with Crippen LogP contribution in [0.5, 0.6) is 0 Å². The molecule has 1 aromatic heterocycles. The molecule has 5 N–H and O–H groups in total. The third kappa shape index (κ3) is 6.80. The Bertz CT molecular complexity index is 1440. The largest absolute Gasteiger partial charge is 0.424 e. The number of nitrogens with zero attached hydrogens (tertiary/aromatic N) is 1. The summed E-state index contributed by atoms with van der Waals surface area (Å²) in [6.45, 7) is 3.53. The molecule has 0 aliphatic carbocycles. The average molecular weight is 528 g/mol. The topological polar surface area (TPSA) is 142 Å². The molecular formula is C27H30FN3O5S. The first-order valence-electron chi connectivity index (χ1n) is 11.4. The number of nitrogens with two attached hydrogens (primary N) is 2. The Hall–Kier alpha value is -3.57. The van der Waals surface area contributed by atoms with Gasteiger partial charge in [-0.15, -0.1) is 0 Å². The molecule has 0 aliphatic heterocycles. The maximum absolute atomic E-state index is 12.8. The van der Waals surface area contributed by atoms with E-state index in [-0.39, 0.29) is 30.7 Å². The van der Waals surface area contributed by atoms with Gasteiger partial charge in [0.1, 0.15) is 10.4 Å². The Morgan fingerprint density at radius 2 is 1.78 bits per heavy atom. The van der Waals surface area contributed by atoms with E-state index in [1.54, 1.807) is 25.1 Å². The number of aromatic nitrogens is 1. The standard InChI is InChI=1S/C20H24FNO4S.C7H6N2O/c1-15-7-6-10-18(19(15)27(23,24)25)20(2,17-8-4-3-5-9-17)14-26-13-16(11-21)12-22;8-7-9-5-3-1-2-4-6(5)10-7/h3-11H,12-14,22H2,1-2H3,(H,23,24,25);1-4H,(H2,8,9). The Morgan fingerprint density at radius 3 is 2.41 bits per heavy atom. The molecule has 1 heterocycles. The van der Waals surface area contributed by atoms with Crippen LogP contribution in [0.3, 0.4) is 0 Å². The lowest BCUT2D eigenvalue weighted by Gasteiger charge is -2.32. The van der Waals surface area contributed by atoms with E-state index < -0.39 is 15.5 Å². The second-order valence-corrected chi connectivity index (χ2v) is 9.97. The number of benzene rings is 3. The zero-order valence-electron chi connectivity index (χ0n) is 20.6. The van der Waals surface area contributed by atoms with Gasteiger partial charge in [-0.2, -0.15) is 13.4 Å². The van der Waals surface area contributed by atoms with Crippen LogP contribution in [0.1, 0.15) is 23.6 Å². The molecule has 1 atom stereocenters. The van der Waals surface area contributed by atoms with Crippen molar-refractivity contribution in [1.82, 2.24) is 4.98 Å². The van der Waals surface area contributed by atoms with Gasteiger partial charge in [-0.3, -0.25) is 4.55 Å². The van der Waals surface area contributed by atoms with Crippen LogP contribution in [-0.2, 0) is 20.3 Å². The summed E-state index contributed by atoms with van der Waals surface area (Å²) in [5.41, 5.74) is 13.4. The van der Waals surface area contributed by atoms with Crippen LogP contribution >= 0.6 is 0 Å². The molecule has 0 amide bonds. The van der Waals surface area contributed by atoms with E-state index >= 15 is 0 Å². The number of para-hydroxylation sites is 2. The number of oxazole rings is 1. The van der Waals surface area contributed by atoms with E-state index in [0.29, 0.717) is 23.0 Å². The molecule has 1 unspecified atom stereocenters. The quantitative estimate of drug-likeness (QED) is 0.278. The number of ether oxygens (including phenoxy) is 1. The highest BCUT2D eigenvalue weighted by molar-refractivity contribution is 7.86. The minimum absolute atomic E-state index is 0.0115. The van der Waals surface area contributed by atoms with Crippen LogP contribution in [0, 0.1) is 6.92 Å². The van der Waals surface area contributed by atoms with Crippen LogP contribution in [0.15, 0.2) is 94.0 Å². The average Bonchev–Trinajstić information content (AvgIpc) is 3.26. The second-order valence-electron chi connectivity index (χ2n) is 8.61. The summed E-state index contributed by atoms with van der Waals surface area (Å²) in [5.74, 6) is 0. The summed E-state index contributed by atoms with van der Waals surface area (Å²) in [7, 11) is -4.45. The van der Waals surface area contributed by atoms with Crippen molar-refractivity contribution in [3.63, 3.8) is 0 Å². The normalized spacial score (nSPS) is 13.6. The number of rotatable bonds is 8. The van der Waals surface area contributed by atoms with Gasteiger partial charge >= 0.3 is 0 Å². The van der Waals surface area contributed by atoms with Crippen molar-refractivity contribution in [1.29, 1.82) is 0 Å². The van der Waals surface area contributed by atoms with Crippen LogP contribution in [-0.4, -0.2) is 37.7 Å². The van der Waals surface area contributed by atoms with Gasteiger partial charge in [0.15, 0.2) is 5.58 Å². The highest BCUT2D eigenvalue weighted by Crippen LogP contribution is 2.37. The molecule has 8 nitrogen and oxygen atoms in total. The van der Waals surface area contributed by atoms with Crippen molar-refractivity contribution in [2.45, 2.75) is 24.2 Å². The first-order chi connectivity index (χ1) is 17.6. The van der Waals surface area contributed by atoms with Crippen LogP contribution < -0.4 is 11.5 Å². The van der Waals surface area contributed by atoms with Gasteiger partial charge in [-0.25, -0.2) is 4.39 Å². The van der Waals surface area contributed by atoms with Crippen LogP contribution in [0.25, 0.3) is 11.1 Å². The third-order valence-corrected chi connectivity index (χ3v) is 6.94. The highest BCUT2D eigenvalue weighted by atomic mass is 32.2. The number of nitrogen functional groups attached to an aromatic ring is 1. The molecule has 0 bridgehead atoms. The Morgan fingerprint density at radius 1 is 1.11 bits per heavy atom. The number of hydrogen-bond donors (Lipinski definition) is 3. The summed E-state index contributed by atoms with van der Waals surface area (Å²) < 4.78 is 57.4. The summed E-state index contributed by atoms with van der Waals surface area (Å²) in [5, 5.41) is 0. The predicted molar refractivity (Wildman–Crippen MR) is 141 cm³/mol. The molecule has 37 heavy (non-hydrogen) atoms. The number of aryl methyl sites for hydroxylation is 1. The zero-order chi connectivity index (χ0) is 27.1. The lowest BCUT2D eigenvalue weighted by atomic mass is 9.76. The van der Waals surface area contributed by atoms with Crippen molar-refractivity contribution in [3.8, 4) is 0 Å². The third-order valence-electron chi connectivity index (χ3n) is 5.88. The first kappa shape index (κ1) is 28.0. The van der Waals surface area contributed by atoms with E-state index in [0.717, 1.165) is 16.7 Å². The fourth-order valence-electron chi connectivity index (χ4n) is 3.96. The van der Waals surface area contributed by atoms with Gasteiger partial charge in [0.2, 0.25) is 0 Å². The van der Waals surface area contributed by atoms with Gasteiger partial charge in [0.25, 0.3) is 16.1 Å². The zero-order valence-corrected chi connectivity index (χ0v) is 21.4. The molecule has 3 aromatic carbocycles. The number of hydrogen-bond acceptors (Lipinski definition) is 7. The molecule has 196 valence electrons. The van der Waals surface area contributed by atoms with Gasteiger partial charge in [0.05, 0.1) is 19.5 Å². The summed E-state index contributed by atoms with van der Waals surface area (Å²) in [6.07, 6.45) is 0.413. The molecule has 4 aromatic rings. The van der Waals surface area contributed by atoms with Crippen molar-refractivity contribution in [3.05, 3.63) is 101 Å². The fourth-order valence-corrected chi connectivity index (χ4v) is 5.01. The fraction of sp³-hybridized carbons (Fsp3) is 0.222. The van der Waals surface area contributed by atoms with Crippen LogP contribution in [0.2, 0.25) is 0 Å². The predicted octanol–water partition coefficient (Wildman–Crippen LogP) is 4.79. The number of fused-ring (bicyclic) bond motifs is 1. The highest BCUT2D eigenvalue weighted by Gasteiger charge is 2.35. The Labute approximate surface area is 215 Å². The Balaban J connectivity index is 0.000000313. The first-order valence-corrected chi connectivity index (χ1v) is 12.8. The van der Waals surface area contributed by atoms with Crippen molar-refractivity contribution < 1.29 is 26.5 Å². The molecular weight excluding hydrogens is 497 g/mol. The summed E-state index contributed by atoms with van der Waals surface area (Å²) in [6, 6.07) is 21.9. The van der Waals surface area contributed by atoms with Gasteiger partial charge in [-0.05, 0) is 48.2 Å². The molecule has 0 fully saturated rings. The second kappa shape index (κ2) is 12.1. The van der Waals surface area contributed by atoms with E-state index in [4.69, 9.17) is 20.6 Å². The lowest BCUT2D eigenvalue weighted by molar-refractivity contribution is 0.117. The summed E-state index contributed by atoms with van der Waals surface area (Å²) >= 11 is 0. The minimum Gasteiger partial charge on any atom is -0.424 e. The maximum Gasteiger partial charge on any atom is 0.295 e. The molecule has 4 rings (SSSR count). The summed E-state index contributed by atoms with van der Waals surface area (Å²) in [4.78, 5) is 3.79. The van der Waals surface area contributed by atoms with E-state index in [2.05, 4.69) is 4.98 Å². The molecule has 10 heteroatoms. The van der Waals surface area contributed by atoms with Crippen molar-refractivity contribution >= 4 is 27.2 Å². The lowest BCUT2D eigenvalue weighted by Crippen LogP contribution is -2.32. The Kier molecular flexibility index (Phi) is 9.17. The molecule has 0 radical (unpaired) electrons. The van der Waals surface area contributed by atoms with E-state index in [1.165, 1.54) is 0 Å². The maximum atomic E-state index is 12.8. The number of halogens is 1. The molecule has 0 aliphatic rings. The SMILES string of the molecule is Cc1cccc(C(C)(COCC(=CF)CN)c2ccccc2)c1S(=O)(=O)O.Nc1nc2ccccc2o1. The monoisotopic (exact) mass is 527 g/mol. The van der Waals surface area contributed by atoms with E-state index in [1.807, 2.05) is 61.5 Å². The minimum atomic E-state index is -4.45. The van der Waals surface area contributed by atoms with E-state index in [9.17, 15) is 17.4 Å². The van der Waals surface area contributed by atoms with Gasteiger partial charge in [-0.1, -0.05) is 60.7 Å².